The third-order valence-electron chi connectivity index (χ3n) is 4.03. The van der Waals surface area contributed by atoms with Crippen LogP contribution in [0.1, 0.15) is 24.8 Å². The van der Waals surface area contributed by atoms with E-state index in [0.717, 1.165) is 37.2 Å². The number of pyridine rings is 1. The lowest BCUT2D eigenvalue weighted by Gasteiger charge is -2.24. The average Bonchev–Trinajstić information content (AvgIpc) is 2.58. The molecule has 120 valence electrons. The third-order valence-corrected chi connectivity index (χ3v) is 6.86. The fourth-order valence-corrected chi connectivity index (χ4v) is 4.45. The van der Waals surface area contributed by atoms with Crippen molar-refractivity contribution in [2.45, 2.75) is 31.7 Å². The molecule has 0 fully saturated rings. The molecule has 0 unspecified atom stereocenters. The Bertz CT molecular complexity index is 579. The van der Waals surface area contributed by atoms with Crippen LogP contribution in [0.15, 0.2) is 36.5 Å². The van der Waals surface area contributed by atoms with Crippen molar-refractivity contribution in [3.63, 3.8) is 0 Å². The Morgan fingerprint density at radius 2 is 1.68 bits per heavy atom. The van der Waals surface area contributed by atoms with Gasteiger partial charge in [0.25, 0.3) is 0 Å². The van der Waals surface area contributed by atoms with Crippen molar-refractivity contribution in [3.8, 4) is 0 Å². The van der Waals surface area contributed by atoms with Crippen LogP contribution in [0, 0.1) is 0 Å². The van der Waals surface area contributed by atoms with Gasteiger partial charge < -0.3 is 13.3 Å². The summed E-state index contributed by atoms with van der Waals surface area (Å²) in [5.74, 6) is 0. The highest BCUT2D eigenvalue weighted by Gasteiger charge is 2.36. The summed E-state index contributed by atoms with van der Waals surface area (Å²) in [6.45, 7) is 0. The van der Waals surface area contributed by atoms with Crippen molar-refractivity contribution in [1.29, 1.82) is 0 Å². The molecule has 0 saturated heterocycles. The topological polar surface area (TPSA) is 40.6 Å². The number of nitrogens with zero attached hydrogens (tertiary/aromatic N) is 1. The first-order valence-electron chi connectivity index (χ1n) is 7.72. The zero-order valence-electron chi connectivity index (χ0n) is 13.7. The van der Waals surface area contributed by atoms with Gasteiger partial charge in [0.2, 0.25) is 0 Å². The van der Waals surface area contributed by atoms with Crippen LogP contribution in [0.5, 0.6) is 0 Å². The Labute approximate surface area is 133 Å². The molecule has 1 aromatic carbocycles. The number of hydrogen-bond donors (Lipinski definition) is 0. The quantitative estimate of drug-likeness (QED) is 0.520. The number of unbranched alkanes of at least 4 members (excludes halogenated alkanes) is 2. The lowest BCUT2D eigenvalue weighted by Crippen LogP contribution is -2.42. The van der Waals surface area contributed by atoms with E-state index in [1.807, 2.05) is 18.3 Å². The van der Waals surface area contributed by atoms with E-state index in [-0.39, 0.29) is 0 Å². The molecule has 1 heterocycles. The summed E-state index contributed by atoms with van der Waals surface area (Å²) in [5.41, 5.74) is 2.36. The minimum atomic E-state index is -2.40. The molecule has 0 aliphatic carbocycles. The van der Waals surface area contributed by atoms with Gasteiger partial charge in [0, 0.05) is 39.0 Å². The van der Waals surface area contributed by atoms with E-state index in [9.17, 15) is 0 Å². The van der Waals surface area contributed by atoms with E-state index in [4.69, 9.17) is 13.3 Å². The molecule has 1 aromatic heterocycles. The number of benzene rings is 1. The largest absolute Gasteiger partial charge is 0.500 e. The summed E-state index contributed by atoms with van der Waals surface area (Å²) < 4.78 is 16.3. The van der Waals surface area contributed by atoms with Crippen LogP contribution in [-0.2, 0) is 19.7 Å². The number of rotatable bonds is 9. The summed E-state index contributed by atoms with van der Waals surface area (Å²) in [5, 5.41) is 1.21. The van der Waals surface area contributed by atoms with Crippen molar-refractivity contribution < 1.29 is 13.3 Å². The van der Waals surface area contributed by atoms with Crippen molar-refractivity contribution in [2.75, 3.05) is 21.3 Å². The Morgan fingerprint density at radius 1 is 0.955 bits per heavy atom. The van der Waals surface area contributed by atoms with E-state index in [2.05, 4.69) is 23.2 Å². The van der Waals surface area contributed by atoms with E-state index >= 15 is 0 Å². The number of fused-ring (bicyclic) bond motifs is 1. The molecule has 4 nitrogen and oxygen atoms in total. The highest BCUT2D eigenvalue weighted by Crippen LogP contribution is 2.19. The number of hydrogen-bond acceptors (Lipinski definition) is 4. The van der Waals surface area contributed by atoms with Gasteiger partial charge in [-0.1, -0.05) is 24.6 Å². The van der Waals surface area contributed by atoms with Gasteiger partial charge in [-0.25, -0.2) is 0 Å². The minimum Gasteiger partial charge on any atom is -0.377 e. The molecular weight excluding hydrogens is 294 g/mol. The second-order valence-corrected chi connectivity index (χ2v) is 8.48. The molecule has 0 radical (unpaired) electrons. The third kappa shape index (κ3) is 4.36. The molecule has 2 rings (SSSR count). The van der Waals surface area contributed by atoms with Gasteiger partial charge in [-0.15, -0.1) is 0 Å². The summed E-state index contributed by atoms with van der Waals surface area (Å²) in [6, 6.07) is 11.3. The molecule has 0 saturated carbocycles. The molecule has 0 bridgehead atoms. The van der Waals surface area contributed by atoms with E-state index in [1.165, 1.54) is 10.9 Å². The molecule has 0 spiro atoms. The molecule has 0 N–H and O–H groups in total. The SMILES string of the molecule is CO[Si](CCCCCc1cnc2ccccc2c1)(OC)OC. The Kier molecular flexibility index (Phi) is 6.51. The van der Waals surface area contributed by atoms with Gasteiger partial charge in [0.05, 0.1) is 5.52 Å². The lowest BCUT2D eigenvalue weighted by atomic mass is 10.1. The zero-order chi connectivity index (χ0) is 15.8. The molecule has 0 aliphatic rings. The zero-order valence-corrected chi connectivity index (χ0v) is 14.7. The molecule has 5 heteroatoms. The molecule has 22 heavy (non-hydrogen) atoms. The fraction of sp³-hybridized carbons (Fsp3) is 0.471. The maximum atomic E-state index is 5.43. The first-order chi connectivity index (χ1) is 10.7. The van der Waals surface area contributed by atoms with Crippen LogP contribution < -0.4 is 0 Å². The molecular formula is C17H25NO3Si. The first kappa shape index (κ1) is 17.1. The van der Waals surface area contributed by atoms with E-state index in [0.29, 0.717) is 0 Å². The van der Waals surface area contributed by atoms with E-state index < -0.39 is 8.80 Å². The Hall–Kier alpha value is -1.27. The monoisotopic (exact) mass is 319 g/mol. The average molecular weight is 319 g/mol. The maximum absolute atomic E-state index is 5.43. The summed E-state index contributed by atoms with van der Waals surface area (Å²) >= 11 is 0. The highest BCUT2D eigenvalue weighted by molar-refractivity contribution is 6.60. The van der Waals surface area contributed by atoms with Crippen LogP contribution in [0.3, 0.4) is 0 Å². The fourth-order valence-electron chi connectivity index (χ4n) is 2.66. The summed E-state index contributed by atoms with van der Waals surface area (Å²) in [4.78, 5) is 4.51. The second kappa shape index (κ2) is 8.38. The Balaban J connectivity index is 1.78. The molecule has 2 aromatic rings. The van der Waals surface area contributed by atoms with Crippen molar-refractivity contribution >= 4 is 19.7 Å². The number of aryl methyl sites for hydroxylation is 1. The van der Waals surface area contributed by atoms with Gasteiger partial charge >= 0.3 is 8.80 Å². The standard InChI is InChI=1S/C17H25NO3Si/c1-19-22(20-2,21-3)12-8-4-5-9-15-13-16-10-6-7-11-17(16)18-14-15/h6-7,10-11,13-14H,4-5,8-9,12H2,1-3H3. The van der Waals surface area contributed by atoms with Crippen molar-refractivity contribution in [1.82, 2.24) is 4.98 Å². The minimum absolute atomic E-state index is 0.868. The first-order valence-corrected chi connectivity index (χ1v) is 9.65. The van der Waals surface area contributed by atoms with Crippen LogP contribution in [0.25, 0.3) is 10.9 Å². The van der Waals surface area contributed by atoms with E-state index in [1.54, 1.807) is 21.3 Å². The smallest absolute Gasteiger partial charge is 0.377 e. The Morgan fingerprint density at radius 3 is 2.41 bits per heavy atom. The number of aromatic nitrogens is 1. The summed E-state index contributed by atoms with van der Waals surface area (Å²) in [6.07, 6.45) is 6.38. The van der Waals surface area contributed by atoms with Gasteiger partial charge in [-0.2, -0.15) is 0 Å². The maximum Gasteiger partial charge on any atom is 0.500 e. The van der Waals surface area contributed by atoms with Crippen LogP contribution in [0.2, 0.25) is 6.04 Å². The predicted molar refractivity (Wildman–Crippen MR) is 90.9 cm³/mol. The highest BCUT2D eigenvalue weighted by atomic mass is 28.4. The van der Waals surface area contributed by atoms with Crippen molar-refractivity contribution in [3.05, 3.63) is 42.1 Å². The van der Waals surface area contributed by atoms with Crippen LogP contribution in [-0.4, -0.2) is 35.1 Å². The lowest BCUT2D eigenvalue weighted by molar-refractivity contribution is 0.122. The van der Waals surface area contributed by atoms with Gasteiger partial charge in [-0.3, -0.25) is 4.98 Å². The number of para-hydroxylation sites is 1. The normalized spacial score (nSPS) is 12.0. The molecule has 0 amide bonds. The second-order valence-electron chi connectivity index (χ2n) is 5.39. The van der Waals surface area contributed by atoms with Gasteiger partial charge in [-0.05, 0) is 37.0 Å². The predicted octanol–water partition coefficient (Wildman–Crippen LogP) is 3.83. The van der Waals surface area contributed by atoms with Crippen LogP contribution >= 0.6 is 0 Å². The van der Waals surface area contributed by atoms with Crippen LogP contribution in [0.4, 0.5) is 0 Å². The molecule has 0 aliphatic heterocycles. The van der Waals surface area contributed by atoms with Gasteiger partial charge in [0.15, 0.2) is 0 Å². The summed E-state index contributed by atoms with van der Waals surface area (Å²) in [7, 11) is 2.60. The molecule has 0 atom stereocenters. The van der Waals surface area contributed by atoms with Gasteiger partial charge in [0.1, 0.15) is 0 Å². The van der Waals surface area contributed by atoms with Crippen molar-refractivity contribution in [2.24, 2.45) is 0 Å².